The van der Waals surface area contributed by atoms with Gasteiger partial charge in [-0.15, -0.1) is 0 Å². The van der Waals surface area contributed by atoms with Gasteiger partial charge in [-0.1, -0.05) is 43.3 Å². The number of para-hydroxylation sites is 1. The van der Waals surface area contributed by atoms with Gasteiger partial charge in [0.15, 0.2) is 6.29 Å². The van der Waals surface area contributed by atoms with Gasteiger partial charge in [-0.25, -0.2) is 0 Å². The Morgan fingerprint density at radius 1 is 1.04 bits per heavy atom. The lowest BCUT2D eigenvalue weighted by molar-refractivity contribution is -0.137. The van der Waals surface area contributed by atoms with Crippen molar-refractivity contribution >= 4 is 21.7 Å². The minimum absolute atomic E-state index is 0.348. The fourth-order valence-electron chi connectivity index (χ4n) is 6.69. The van der Waals surface area contributed by atoms with Crippen molar-refractivity contribution in [2.75, 3.05) is 19.8 Å². The highest BCUT2D eigenvalue weighted by atomic mass is 19.4. The third-order valence-electron chi connectivity index (χ3n) is 8.79. The van der Waals surface area contributed by atoms with Crippen LogP contribution in [0.25, 0.3) is 32.8 Å². The number of halogens is 3. The number of aromatic nitrogens is 3. The molecule has 1 aliphatic heterocycles. The summed E-state index contributed by atoms with van der Waals surface area (Å²) in [4.78, 5) is 0. The summed E-state index contributed by atoms with van der Waals surface area (Å²) in [7, 11) is 1.96. The van der Waals surface area contributed by atoms with Gasteiger partial charge in [0.05, 0.1) is 41.4 Å². The lowest BCUT2D eigenvalue weighted by atomic mass is 9.97. The summed E-state index contributed by atoms with van der Waals surface area (Å²) in [5.74, 6) is 0.540. The van der Waals surface area contributed by atoms with Gasteiger partial charge in [-0.2, -0.15) is 18.3 Å². The fourth-order valence-corrected chi connectivity index (χ4v) is 6.69. The van der Waals surface area contributed by atoms with Crippen LogP contribution < -0.4 is 4.74 Å². The molecular formula is C36H40F3N3O4. The second kappa shape index (κ2) is 13.5. The predicted molar refractivity (Wildman–Crippen MR) is 172 cm³/mol. The third kappa shape index (κ3) is 6.13. The molecule has 0 saturated carbocycles. The Morgan fingerprint density at radius 2 is 1.87 bits per heavy atom. The zero-order valence-corrected chi connectivity index (χ0v) is 26.5. The largest absolute Gasteiger partial charge is 0.493 e. The fraction of sp³-hybridized carbons (Fsp3) is 0.417. The first kappa shape index (κ1) is 32.1. The molecule has 0 bridgehead atoms. The molecule has 2 aromatic heterocycles. The van der Waals surface area contributed by atoms with E-state index in [0.29, 0.717) is 62.3 Å². The van der Waals surface area contributed by atoms with Gasteiger partial charge >= 0.3 is 6.18 Å². The lowest BCUT2D eigenvalue weighted by Crippen LogP contribution is -2.14. The molecule has 1 aliphatic rings. The molecular weight excluding hydrogens is 595 g/mol. The monoisotopic (exact) mass is 635 g/mol. The van der Waals surface area contributed by atoms with Crippen LogP contribution in [0, 0.1) is 0 Å². The minimum atomic E-state index is -4.41. The summed E-state index contributed by atoms with van der Waals surface area (Å²) in [6, 6.07) is 15.2. The number of alkyl halides is 3. The van der Waals surface area contributed by atoms with Crippen molar-refractivity contribution in [2.24, 2.45) is 7.05 Å². The molecule has 0 spiro atoms. The number of aliphatic hydroxyl groups is 1. The quantitative estimate of drug-likeness (QED) is 0.131. The average Bonchev–Trinajstić information content (AvgIpc) is 3.52. The van der Waals surface area contributed by atoms with E-state index < -0.39 is 18.0 Å². The van der Waals surface area contributed by atoms with Crippen LogP contribution >= 0.6 is 0 Å². The minimum Gasteiger partial charge on any atom is -0.493 e. The number of benzene rings is 3. The highest BCUT2D eigenvalue weighted by Gasteiger charge is 2.31. The number of fused-ring (bicyclic) bond motifs is 3. The van der Waals surface area contributed by atoms with Crippen molar-refractivity contribution in [1.82, 2.24) is 14.3 Å². The maximum absolute atomic E-state index is 13.3. The number of hydrogen-bond acceptors (Lipinski definition) is 5. The first-order valence-electron chi connectivity index (χ1n) is 16.0. The van der Waals surface area contributed by atoms with E-state index in [4.69, 9.17) is 19.3 Å². The summed E-state index contributed by atoms with van der Waals surface area (Å²) in [6.07, 6.45) is -1.77. The van der Waals surface area contributed by atoms with Gasteiger partial charge in [0, 0.05) is 48.7 Å². The Kier molecular flexibility index (Phi) is 9.40. The van der Waals surface area contributed by atoms with E-state index in [1.54, 1.807) is 18.2 Å². The van der Waals surface area contributed by atoms with E-state index in [-0.39, 0.29) is 0 Å². The molecule has 6 rings (SSSR count). The normalized spacial score (nSPS) is 14.8. The van der Waals surface area contributed by atoms with E-state index in [1.165, 1.54) is 6.07 Å². The average molecular weight is 636 g/mol. The summed E-state index contributed by atoms with van der Waals surface area (Å²) < 4.78 is 62.0. The molecule has 3 aromatic carbocycles. The van der Waals surface area contributed by atoms with Crippen molar-refractivity contribution in [2.45, 2.75) is 71.6 Å². The van der Waals surface area contributed by atoms with Crippen LogP contribution in [0.4, 0.5) is 13.2 Å². The van der Waals surface area contributed by atoms with Gasteiger partial charge in [0.1, 0.15) is 5.75 Å². The van der Waals surface area contributed by atoms with E-state index in [1.807, 2.05) is 18.7 Å². The van der Waals surface area contributed by atoms with E-state index in [9.17, 15) is 18.3 Å². The molecule has 0 radical (unpaired) electrons. The van der Waals surface area contributed by atoms with E-state index in [2.05, 4.69) is 29.7 Å². The number of nitrogens with zero attached hydrogens (tertiary/aromatic N) is 3. The molecule has 3 heterocycles. The van der Waals surface area contributed by atoms with Crippen LogP contribution in [-0.2, 0) is 48.7 Å². The van der Waals surface area contributed by atoms with Crippen LogP contribution in [0.5, 0.6) is 5.75 Å². The first-order chi connectivity index (χ1) is 22.2. The highest BCUT2D eigenvalue weighted by molar-refractivity contribution is 5.99. The molecule has 0 aliphatic carbocycles. The Balaban J connectivity index is 1.38. The molecule has 0 saturated heterocycles. The van der Waals surface area contributed by atoms with Crippen LogP contribution in [0.1, 0.15) is 67.6 Å². The molecule has 46 heavy (non-hydrogen) atoms. The molecule has 1 N–H and O–H groups in total. The van der Waals surface area contributed by atoms with Gasteiger partial charge in [0.25, 0.3) is 0 Å². The molecule has 7 nitrogen and oxygen atoms in total. The standard InChI is InChI=1S/C36H40F3N3O4/c1-4-29-32-28-13-9-12-26-27(14-10-20-46-31-15-8-11-23-21-24(36(37,38)39)16-17-25(23)31)34(35(43)45-5-2)42(33(26)28)18-6-7-19-44-22-30(32)41(3)40-29/h8-9,11-13,15-17,21,35,43H,4-7,10,14,18-20,22H2,1-3H3. The second-order valence-electron chi connectivity index (χ2n) is 11.7. The van der Waals surface area contributed by atoms with Crippen LogP contribution in [0.15, 0.2) is 54.6 Å². The first-order valence-corrected chi connectivity index (χ1v) is 16.0. The smallest absolute Gasteiger partial charge is 0.416 e. The number of aryl methyl sites for hydroxylation is 4. The molecule has 244 valence electrons. The molecule has 10 heteroatoms. The molecule has 5 aromatic rings. The Labute approximate surface area is 266 Å². The Bertz CT molecular complexity index is 1840. The molecule has 1 unspecified atom stereocenters. The van der Waals surface area contributed by atoms with E-state index in [0.717, 1.165) is 76.1 Å². The van der Waals surface area contributed by atoms with Crippen molar-refractivity contribution in [1.29, 1.82) is 0 Å². The van der Waals surface area contributed by atoms with Crippen LogP contribution in [0.3, 0.4) is 0 Å². The summed E-state index contributed by atoms with van der Waals surface area (Å²) >= 11 is 0. The van der Waals surface area contributed by atoms with Gasteiger partial charge in [-0.3, -0.25) is 4.68 Å². The third-order valence-corrected chi connectivity index (χ3v) is 8.79. The number of aliphatic hydroxyl groups excluding tert-OH is 1. The number of ether oxygens (including phenoxy) is 3. The Morgan fingerprint density at radius 3 is 2.65 bits per heavy atom. The number of rotatable bonds is 9. The molecule has 0 amide bonds. The zero-order chi connectivity index (χ0) is 32.4. The predicted octanol–water partition coefficient (Wildman–Crippen LogP) is 8.13. The van der Waals surface area contributed by atoms with Gasteiger partial charge in [0.2, 0.25) is 0 Å². The maximum Gasteiger partial charge on any atom is 0.416 e. The molecule has 1 atom stereocenters. The summed E-state index contributed by atoms with van der Waals surface area (Å²) in [5, 5.41) is 18.4. The van der Waals surface area contributed by atoms with Crippen molar-refractivity contribution in [3.8, 4) is 16.9 Å². The van der Waals surface area contributed by atoms with Crippen molar-refractivity contribution < 1.29 is 32.5 Å². The highest BCUT2D eigenvalue weighted by Crippen LogP contribution is 2.41. The van der Waals surface area contributed by atoms with E-state index >= 15 is 0 Å². The van der Waals surface area contributed by atoms with Crippen molar-refractivity contribution in [3.05, 3.63) is 82.8 Å². The summed E-state index contributed by atoms with van der Waals surface area (Å²) in [6.45, 7) is 6.48. The lowest BCUT2D eigenvalue weighted by Gasteiger charge is -2.18. The molecule has 0 fully saturated rings. The maximum atomic E-state index is 13.3. The Hall–Kier alpha value is -3.86. The SMILES string of the molecule is CCOC(O)c1c(CCCOc2cccc3cc(C(F)(F)F)ccc23)c2cccc3c2n1CCCCOCc1c-3c(CC)nn1C. The topological polar surface area (TPSA) is 70.7 Å². The van der Waals surface area contributed by atoms with Gasteiger partial charge in [-0.05, 0) is 68.2 Å². The number of hydrogen-bond donors (Lipinski definition) is 1. The van der Waals surface area contributed by atoms with Crippen molar-refractivity contribution in [3.63, 3.8) is 0 Å². The van der Waals surface area contributed by atoms with Crippen LogP contribution in [0.2, 0.25) is 0 Å². The van der Waals surface area contributed by atoms with Gasteiger partial charge < -0.3 is 23.9 Å². The zero-order valence-electron chi connectivity index (χ0n) is 26.5. The summed E-state index contributed by atoms with van der Waals surface area (Å²) in [5.41, 5.74) is 6.28. The van der Waals surface area contributed by atoms with Crippen LogP contribution in [-0.4, -0.2) is 39.3 Å². The second-order valence-corrected chi connectivity index (χ2v) is 11.7.